The maximum atomic E-state index is 13.2. The number of anilines is 1. The molecule has 6 nitrogen and oxygen atoms in total. The highest BCUT2D eigenvalue weighted by atomic mass is 32.1. The second kappa shape index (κ2) is 11.4. The monoisotopic (exact) mass is 488 g/mol. The van der Waals surface area contributed by atoms with E-state index in [4.69, 9.17) is 4.74 Å². The van der Waals surface area contributed by atoms with E-state index in [1.165, 1.54) is 23.6 Å². The van der Waals surface area contributed by atoms with Gasteiger partial charge in [-0.3, -0.25) is 14.4 Å². The third-order valence-electron chi connectivity index (χ3n) is 4.48. The van der Waals surface area contributed by atoms with Crippen molar-refractivity contribution in [1.29, 1.82) is 0 Å². The number of carbonyl (C=O) groups is 3. The topological polar surface area (TPSA) is 76.0 Å². The van der Waals surface area contributed by atoms with Crippen LogP contribution in [-0.2, 0) is 20.5 Å². The Hall–Kier alpha value is -3.79. The van der Waals surface area contributed by atoms with Crippen molar-refractivity contribution < 1.29 is 32.3 Å². The van der Waals surface area contributed by atoms with Crippen molar-refractivity contribution in [3.8, 4) is 0 Å². The molecule has 0 aliphatic carbocycles. The van der Waals surface area contributed by atoms with Gasteiger partial charge >= 0.3 is 12.1 Å². The van der Waals surface area contributed by atoms with Crippen LogP contribution >= 0.6 is 11.3 Å². The van der Waals surface area contributed by atoms with Crippen LogP contribution in [0.1, 0.15) is 33.6 Å². The Balaban J connectivity index is 1.70. The summed E-state index contributed by atoms with van der Waals surface area (Å²) >= 11 is 1.25. The van der Waals surface area contributed by atoms with Gasteiger partial charge in [0.05, 0.1) is 28.8 Å². The number of nitrogens with zero attached hydrogens (tertiary/aromatic N) is 2. The van der Waals surface area contributed by atoms with Crippen molar-refractivity contribution in [3.63, 3.8) is 0 Å². The quantitative estimate of drug-likeness (QED) is 0.176. The second-order valence-electron chi connectivity index (χ2n) is 6.97. The first kappa shape index (κ1) is 24.8. The van der Waals surface area contributed by atoms with Crippen molar-refractivity contribution in [2.24, 2.45) is 5.10 Å². The molecule has 0 bridgehead atoms. The highest BCUT2D eigenvalue weighted by Gasteiger charge is 2.31. The van der Waals surface area contributed by atoms with E-state index in [2.05, 4.69) is 5.10 Å². The molecule has 0 spiro atoms. The predicted octanol–water partition coefficient (Wildman–Crippen LogP) is 5.34. The van der Waals surface area contributed by atoms with Crippen LogP contribution in [0.5, 0.6) is 0 Å². The fraction of sp³-hybridized carbons (Fsp3) is 0.167. The molecular weight excluding hydrogens is 469 g/mol. The largest absolute Gasteiger partial charge is 0.455 e. The molecule has 1 amide bonds. The van der Waals surface area contributed by atoms with E-state index in [1.807, 2.05) is 0 Å². The molecule has 0 unspecified atom stereocenters. The van der Waals surface area contributed by atoms with Gasteiger partial charge in [0.2, 0.25) is 0 Å². The fourth-order valence-corrected chi connectivity index (χ4v) is 3.50. The molecule has 2 aromatic carbocycles. The summed E-state index contributed by atoms with van der Waals surface area (Å²) in [5, 5.41) is 6.50. The summed E-state index contributed by atoms with van der Waals surface area (Å²) in [4.78, 5) is 37.3. The number of ketones is 1. The molecule has 1 heterocycles. The SMILES string of the molecule is O=C(CCC(=O)c1cccs1)OCC(=O)N(/N=C\c1ccccc1)c1cccc(C(F)(F)F)c1. The molecule has 0 atom stereocenters. The van der Waals surface area contributed by atoms with Crippen LogP contribution in [0.2, 0.25) is 0 Å². The van der Waals surface area contributed by atoms with Crippen molar-refractivity contribution in [2.75, 3.05) is 11.6 Å². The normalized spacial score (nSPS) is 11.4. The van der Waals surface area contributed by atoms with Gasteiger partial charge in [-0.25, -0.2) is 0 Å². The zero-order chi connectivity index (χ0) is 24.6. The number of thiophene rings is 1. The Morgan fingerprint density at radius 1 is 0.971 bits per heavy atom. The molecule has 0 radical (unpaired) electrons. The van der Waals surface area contributed by atoms with Gasteiger partial charge in [-0.1, -0.05) is 42.5 Å². The van der Waals surface area contributed by atoms with Crippen LogP contribution < -0.4 is 5.01 Å². The molecule has 0 aliphatic rings. The number of hydrogen-bond acceptors (Lipinski definition) is 6. The van der Waals surface area contributed by atoms with Crippen molar-refractivity contribution in [3.05, 3.63) is 88.1 Å². The fourth-order valence-electron chi connectivity index (χ4n) is 2.80. The number of hydrogen-bond donors (Lipinski definition) is 0. The molecule has 3 rings (SSSR count). The van der Waals surface area contributed by atoms with Crippen LogP contribution in [0.25, 0.3) is 0 Å². The minimum atomic E-state index is -4.62. The number of amides is 1. The Kier molecular flexibility index (Phi) is 8.31. The lowest BCUT2D eigenvalue weighted by Crippen LogP contribution is -2.31. The number of carbonyl (C=O) groups excluding carboxylic acids is 3. The van der Waals surface area contributed by atoms with E-state index >= 15 is 0 Å². The molecule has 0 N–H and O–H groups in total. The van der Waals surface area contributed by atoms with Crippen LogP contribution in [0.3, 0.4) is 0 Å². The summed E-state index contributed by atoms with van der Waals surface area (Å²) in [5.74, 6) is -1.87. The van der Waals surface area contributed by atoms with Crippen LogP contribution in [0.15, 0.2) is 77.2 Å². The smallest absolute Gasteiger partial charge is 0.416 e. The van der Waals surface area contributed by atoms with E-state index in [-0.39, 0.29) is 24.3 Å². The zero-order valence-corrected chi connectivity index (χ0v) is 18.5. The number of alkyl halides is 3. The van der Waals surface area contributed by atoms with Crippen LogP contribution in [-0.4, -0.2) is 30.5 Å². The van der Waals surface area contributed by atoms with Gasteiger partial charge in [-0.15, -0.1) is 11.3 Å². The van der Waals surface area contributed by atoms with Gasteiger partial charge in [0.1, 0.15) is 0 Å². The predicted molar refractivity (Wildman–Crippen MR) is 122 cm³/mol. The molecule has 3 aromatic rings. The van der Waals surface area contributed by atoms with Crippen molar-refractivity contribution in [2.45, 2.75) is 19.0 Å². The summed E-state index contributed by atoms with van der Waals surface area (Å²) < 4.78 is 44.4. The Bertz CT molecular complexity index is 1160. The lowest BCUT2D eigenvalue weighted by molar-refractivity contribution is -0.147. The number of Topliss-reactive ketones (excluding diaryl/α,β-unsaturated/α-hetero) is 1. The second-order valence-corrected chi connectivity index (χ2v) is 7.92. The van der Waals surface area contributed by atoms with E-state index in [9.17, 15) is 27.6 Å². The third-order valence-corrected chi connectivity index (χ3v) is 5.40. The Morgan fingerprint density at radius 3 is 2.41 bits per heavy atom. The van der Waals surface area contributed by atoms with Gasteiger partial charge in [-0.2, -0.15) is 23.3 Å². The van der Waals surface area contributed by atoms with E-state index in [0.717, 1.165) is 23.2 Å². The highest BCUT2D eigenvalue weighted by molar-refractivity contribution is 7.12. The summed E-state index contributed by atoms with van der Waals surface area (Å²) in [6.07, 6.45) is -3.63. The maximum Gasteiger partial charge on any atom is 0.416 e. The van der Waals surface area contributed by atoms with Gasteiger partial charge < -0.3 is 4.74 Å². The van der Waals surface area contributed by atoms with E-state index < -0.39 is 30.2 Å². The zero-order valence-electron chi connectivity index (χ0n) is 17.7. The van der Waals surface area contributed by atoms with Crippen molar-refractivity contribution in [1.82, 2.24) is 0 Å². The molecule has 176 valence electrons. The lowest BCUT2D eigenvalue weighted by Gasteiger charge is -2.18. The van der Waals surface area contributed by atoms with Gasteiger partial charge in [0.15, 0.2) is 12.4 Å². The number of benzene rings is 2. The summed E-state index contributed by atoms with van der Waals surface area (Å²) in [6, 6.07) is 16.1. The minimum absolute atomic E-state index is 0.0863. The standard InChI is InChI=1S/C24H19F3N2O4S/c25-24(26,27)18-8-4-9-19(14-18)29(28-15-17-6-2-1-3-7-17)22(31)16-33-23(32)12-11-20(30)21-10-5-13-34-21/h1-10,13-15H,11-12,16H2/b28-15-. The molecule has 1 aromatic heterocycles. The van der Waals surface area contributed by atoms with Crippen molar-refractivity contribution >= 4 is 40.9 Å². The number of hydrazone groups is 1. The molecule has 34 heavy (non-hydrogen) atoms. The summed E-state index contributed by atoms with van der Waals surface area (Å²) in [7, 11) is 0. The van der Waals surface area contributed by atoms with Gasteiger partial charge in [0, 0.05) is 6.42 Å². The van der Waals surface area contributed by atoms with Crippen LogP contribution in [0.4, 0.5) is 18.9 Å². The number of ether oxygens (including phenoxy) is 1. The third kappa shape index (κ3) is 7.11. The molecular formula is C24H19F3N2O4S. The molecule has 0 saturated carbocycles. The average Bonchev–Trinajstić information content (AvgIpc) is 3.37. The first-order valence-electron chi connectivity index (χ1n) is 10.1. The van der Waals surface area contributed by atoms with E-state index in [1.54, 1.807) is 47.8 Å². The Labute approximate surface area is 197 Å². The average molecular weight is 488 g/mol. The van der Waals surface area contributed by atoms with Gasteiger partial charge in [0.25, 0.3) is 5.91 Å². The highest BCUT2D eigenvalue weighted by Crippen LogP contribution is 2.31. The van der Waals surface area contributed by atoms with Gasteiger partial charge in [-0.05, 0) is 35.2 Å². The number of rotatable bonds is 9. The molecule has 10 heteroatoms. The molecule has 0 saturated heterocycles. The first-order valence-corrected chi connectivity index (χ1v) is 10.9. The maximum absolute atomic E-state index is 13.2. The summed E-state index contributed by atoms with van der Waals surface area (Å²) in [6.45, 7) is -0.756. The Morgan fingerprint density at radius 2 is 1.74 bits per heavy atom. The molecule has 0 aliphatic heterocycles. The first-order chi connectivity index (χ1) is 16.2. The van der Waals surface area contributed by atoms with E-state index in [0.29, 0.717) is 10.4 Å². The number of esters is 1. The van der Waals surface area contributed by atoms with Crippen LogP contribution in [0, 0.1) is 0 Å². The minimum Gasteiger partial charge on any atom is -0.455 e. The molecule has 0 fully saturated rings. The lowest BCUT2D eigenvalue weighted by atomic mass is 10.2. The number of halogens is 3. The summed E-state index contributed by atoms with van der Waals surface area (Å²) in [5.41, 5.74) is -0.492.